The summed E-state index contributed by atoms with van der Waals surface area (Å²) in [6, 6.07) is 9.09. The van der Waals surface area contributed by atoms with E-state index in [1.807, 2.05) is 24.1 Å². The van der Waals surface area contributed by atoms with Crippen LogP contribution in [0.3, 0.4) is 0 Å². The van der Waals surface area contributed by atoms with Crippen molar-refractivity contribution < 1.29 is 4.79 Å². The lowest BCUT2D eigenvalue weighted by atomic mass is 10.1. The normalized spacial score (nSPS) is 16.8. The van der Waals surface area contributed by atoms with Crippen LogP contribution in [0.15, 0.2) is 36.8 Å². The van der Waals surface area contributed by atoms with Gasteiger partial charge in [0, 0.05) is 20.1 Å². The molecule has 0 spiro atoms. The third-order valence-electron chi connectivity index (χ3n) is 4.59. The maximum Gasteiger partial charge on any atom is 0.245 e. The molecular weight excluding hydrogens is 330 g/mol. The average molecular weight is 347 g/mol. The fraction of sp³-hybridized carbons (Fsp3) is 0.278. The van der Waals surface area contributed by atoms with Crippen molar-refractivity contribution in [2.45, 2.75) is 19.0 Å². The molecule has 0 radical (unpaired) electrons. The largest absolute Gasteiger partial charge is 0.358 e. The summed E-state index contributed by atoms with van der Waals surface area (Å²) in [6.45, 7) is 1.21. The number of aryl methyl sites for hydroxylation is 1. The fourth-order valence-electron chi connectivity index (χ4n) is 3.18. The Morgan fingerprint density at radius 1 is 1.31 bits per heavy atom. The van der Waals surface area contributed by atoms with E-state index in [1.54, 1.807) is 23.0 Å². The first-order valence-corrected chi connectivity index (χ1v) is 8.33. The summed E-state index contributed by atoms with van der Waals surface area (Å²) in [7, 11) is 1.82. The van der Waals surface area contributed by atoms with Crippen molar-refractivity contribution in [3.8, 4) is 6.07 Å². The minimum absolute atomic E-state index is 0.0463. The number of nitrogens with zero attached hydrogens (tertiary/aromatic N) is 6. The number of nitrogens with one attached hydrogen (secondary N) is 1. The van der Waals surface area contributed by atoms with Crippen molar-refractivity contribution in [1.82, 2.24) is 24.6 Å². The molecule has 8 nitrogen and oxygen atoms in total. The molecule has 8 heteroatoms. The summed E-state index contributed by atoms with van der Waals surface area (Å²) in [5.41, 5.74) is 2.35. The maximum absolute atomic E-state index is 12.7. The monoisotopic (exact) mass is 347 g/mol. The number of rotatable bonds is 4. The highest BCUT2D eigenvalue weighted by Gasteiger charge is 2.32. The molecule has 130 valence electrons. The highest BCUT2D eigenvalue weighted by atomic mass is 16.2. The van der Waals surface area contributed by atoms with E-state index in [2.05, 4.69) is 26.5 Å². The van der Waals surface area contributed by atoms with Gasteiger partial charge in [-0.05, 0) is 24.1 Å². The lowest BCUT2D eigenvalue weighted by molar-refractivity contribution is -0.128. The number of carbonyl (C=O) groups excluding carboxylic acids is 1. The van der Waals surface area contributed by atoms with Crippen LogP contribution >= 0.6 is 0 Å². The van der Waals surface area contributed by atoms with Gasteiger partial charge in [0.15, 0.2) is 5.65 Å². The molecular formula is C18H17N7O. The van der Waals surface area contributed by atoms with E-state index in [1.165, 1.54) is 6.33 Å². The molecule has 0 aliphatic carbocycles. The second-order valence-corrected chi connectivity index (χ2v) is 6.28. The van der Waals surface area contributed by atoms with Crippen LogP contribution in [0.25, 0.3) is 11.0 Å². The van der Waals surface area contributed by atoms with Gasteiger partial charge in [-0.3, -0.25) is 9.48 Å². The molecule has 1 atom stereocenters. The third kappa shape index (κ3) is 2.84. The van der Waals surface area contributed by atoms with Gasteiger partial charge in [0.1, 0.15) is 18.2 Å². The molecule has 3 aromatic rings. The van der Waals surface area contributed by atoms with Crippen molar-refractivity contribution in [2.75, 3.05) is 11.9 Å². The van der Waals surface area contributed by atoms with E-state index < -0.39 is 0 Å². The van der Waals surface area contributed by atoms with Gasteiger partial charge < -0.3 is 10.2 Å². The summed E-state index contributed by atoms with van der Waals surface area (Å²) in [4.78, 5) is 23.0. The Kier molecular flexibility index (Phi) is 3.97. The highest BCUT2D eigenvalue weighted by molar-refractivity contribution is 5.91. The number of likely N-dealkylation sites (tertiary alicyclic amines) is 1. The Morgan fingerprint density at radius 3 is 2.88 bits per heavy atom. The number of fused-ring (bicyclic) bond motifs is 1. The van der Waals surface area contributed by atoms with E-state index in [0.29, 0.717) is 30.9 Å². The van der Waals surface area contributed by atoms with Gasteiger partial charge in [0.2, 0.25) is 5.91 Å². The van der Waals surface area contributed by atoms with Gasteiger partial charge >= 0.3 is 0 Å². The van der Waals surface area contributed by atoms with Crippen molar-refractivity contribution >= 4 is 22.8 Å². The number of hydrogen-bond acceptors (Lipinski definition) is 6. The van der Waals surface area contributed by atoms with Crippen molar-refractivity contribution in [2.24, 2.45) is 7.05 Å². The first-order chi connectivity index (χ1) is 12.7. The van der Waals surface area contributed by atoms with Crippen molar-refractivity contribution in [3.63, 3.8) is 0 Å². The van der Waals surface area contributed by atoms with Crippen molar-refractivity contribution in [3.05, 3.63) is 47.9 Å². The molecule has 1 fully saturated rings. The molecule has 1 aliphatic heterocycles. The Hall–Kier alpha value is -3.47. The summed E-state index contributed by atoms with van der Waals surface area (Å²) < 4.78 is 1.68. The van der Waals surface area contributed by atoms with Crippen molar-refractivity contribution in [1.29, 1.82) is 5.26 Å². The predicted octanol–water partition coefficient (Wildman–Crippen LogP) is 1.45. The second-order valence-electron chi connectivity index (χ2n) is 6.28. The van der Waals surface area contributed by atoms with Gasteiger partial charge in [-0.25, -0.2) is 9.97 Å². The lowest BCUT2D eigenvalue weighted by Gasteiger charge is -2.17. The zero-order valence-electron chi connectivity index (χ0n) is 14.3. The van der Waals surface area contributed by atoms with Gasteiger partial charge in [-0.15, -0.1) is 0 Å². The lowest BCUT2D eigenvalue weighted by Crippen LogP contribution is -2.33. The Labute approximate surface area is 150 Å². The third-order valence-corrected chi connectivity index (χ3v) is 4.59. The molecule has 0 saturated carbocycles. The Bertz CT molecular complexity index is 1000. The summed E-state index contributed by atoms with van der Waals surface area (Å²) >= 11 is 0. The minimum Gasteiger partial charge on any atom is -0.358 e. The van der Waals surface area contributed by atoms with E-state index in [0.717, 1.165) is 16.6 Å². The minimum atomic E-state index is -0.313. The summed E-state index contributed by atoms with van der Waals surface area (Å²) in [5, 5.41) is 17.1. The topological polar surface area (TPSA) is 99.7 Å². The molecule has 1 aromatic carbocycles. The molecule has 2 aromatic heterocycles. The molecule has 1 aliphatic rings. The number of carbonyl (C=O) groups is 1. The van der Waals surface area contributed by atoms with E-state index in [9.17, 15) is 4.79 Å². The SMILES string of the molecule is Cn1ncc2c(N[C@H]3CCN(Cc4ccc(C#N)cc4)C3=O)ncnc21. The molecule has 4 rings (SSSR count). The molecule has 3 heterocycles. The van der Waals surface area contributed by atoms with Crippen LogP contribution in [0.2, 0.25) is 0 Å². The summed E-state index contributed by atoms with van der Waals surface area (Å²) in [6.07, 6.45) is 3.88. The molecule has 1 N–H and O–H groups in total. The molecule has 26 heavy (non-hydrogen) atoms. The van der Waals surface area contributed by atoms with Gasteiger partial charge in [0.05, 0.1) is 23.2 Å². The van der Waals surface area contributed by atoms with E-state index in [4.69, 9.17) is 5.26 Å². The van der Waals surface area contributed by atoms with Crippen LogP contribution in [0.1, 0.15) is 17.5 Å². The van der Waals surface area contributed by atoms with Crippen LogP contribution in [-0.4, -0.2) is 43.1 Å². The van der Waals surface area contributed by atoms with Gasteiger partial charge in [-0.1, -0.05) is 12.1 Å². The van der Waals surface area contributed by atoms with Crippen LogP contribution in [0.4, 0.5) is 5.82 Å². The smallest absolute Gasteiger partial charge is 0.245 e. The van der Waals surface area contributed by atoms with E-state index in [-0.39, 0.29) is 11.9 Å². The molecule has 1 saturated heterocycles. The molecule has 1 amide bonds. The van der Waals surface area contributed by atoms with Crippen LogP contribution < -0.4 is 5.32 Å². The van der Waals surface area contributed by atoms with Crippen LogP contribution in [0, 0.1) is 11.3 Å². The predicted molar refractivity (Wildman–Crippen MR) is 94.9 cm³/mol. The number of anilines is 1. The Balaban J connectivity index is 1.47. The number of benzene rings is 1. The first-order valence-electron chi connectivity index (χ1n) is 8.33. The fourth-order valence-corrected chi connectivity index (χ4v) is 3.18. The highest BCUT2D eigenvalue weighted by Crippen LogP contribution is 2.23. The molecule has 0 unspecified atom stereocenters. The standard InChI is InChI=1S/C18H17N7O/c1-24-17-14(9-22-24)16(20-11-21-17)23-15-6-7-25(18(15)26)10-13-4-2-12(8-19)3-5-13/h2-5,9,11,15H,6-7,10H2,1H3,(H,20,21,23)/t15-/m0/s1. The molecule has 0 bridgehead atoms. The number of aromatic nitrogens is 4. The van der Waals surface area contributed by atoms with Gasteiger partial charge in [-0.2, -0.15) is 10.4 Å². The Morgan fingerprint density at radius 2 is 2.12 bits per heavy atom. The number of nitriles is 1. The average Bonchev–Trinajstić information content (AvgIpc) is 3.21. The van der Waals surface area contributed by atoms with Crippen LogP contribution in [-0.2, 0) is 18.4 Å². The summed E-state index contributed by atoms with van der Waals surface area (Å²) in [5.74, 6) is 0.673. The number of hydrogen-bond donors (Lipinski definition) is 1. The first kappa shape index (κ1) is 16.0. The zero-order valence-corrected chi connectivity index (χ0v) is 14.3. The van der Waals surface area contributed by atoms with E-state index >= 15 is 0 Å². The maximum atomic E-state index is 12.7. The van der Waals surface area contributed by atoms with Crippen LogP contribution in [0.5, 0.6) is 0 Å². The quantitative estimate of drug-likeness (QED) is 0.767. The van der Waals surface area contributed by atoms with Gasteiger partial charge in [0.25, 0.3) is 0 Å². The zero-order chi connectivity index (χ0) is 18.1. The number of amides is 1. The second kappa shape index (κ2) is 6.44.